The Morgan fingerprint density at radius 1 is 0.905 bits per heavy atom. The fourth-order valence-corrected chi connectivity index (χ4v) is 2.44. The van der Waals surface area contributed by atoms with Gasteiger partial charge < -0.3 is 10.6 Å². The van der Waals surface area contributed by atoms with Gasteiger partial charge in [-0.05, 0) is 62.6 Å². The molecule has 0 aliphatic rings. The first-order valence-electron chi connectivity index (χ1n) is 7.13. The molecule has 2 N–H and O–H groups in total. The van der Waals surface area contributed by atoms with Crippen LogP contribution in [0.5, 0.6) is 0 Å². The predicted octanol–water partition coefficient (Wildman–Crippen LogP) is 3.97. The average Bonchev–Trinajstić information content (AvgIpc) is 2.36. The molecule has 0 aromatic heterocycles. The van der Waals surface area contributed by atoms with E-state index in [0.29, 0.717) is 0 Å². The minimum atomic E-state index is -0.0417. The molecule has 2 rings (SSSR count). The summed E-state index contributed by atoms with van der Waals surface area (Å²) in [7, 11) is 0. The minimum Gasteiger partial charge on any atom is -0.376 e. The second-order valence-electron chi connectivity index (χ2n) is 5.60. The summed E-state index contributed by atoms with van der Waals surface area (Å²) in [6.45, 7) is 8.41. The van der Waals surface area contributed by atoms with Gasteiger partial charge in [0.2, 0.25) is 5.91 Å². The Kier molecular flexibility index (Phi) is 4.63. The molecule has 2 aromatic carbocycles. The van der Waals surface area contributed by atoms with E-state index < -0.39 is 0 Å². The third-order valence-electron chi connectivity index (χ3n) is 3.33. The maximum atomic E-state index is 12.0. The molecule has 0 bridgehead atoms. The molecule has 0 radical (unpaired) electrons. The standard InChI is InChI=1S/C18H22N2O/c1-12-5-6-17(15(4)8-12)19-11-18(21)20-16-9-13(2)7-14(3)10-16/h5-10,19H,11H2,1-4H3,(H,20,21). The number of carbonyl (C=O) groups excluding carboxylic acids is 1. The Hall–Kier alpha value is -2.29. The van der Waals surface area contributed by atoms with Crippen LogP contribution >= 0.6 is 0 Å². The van der Waals surface area contributed by atoms with Crippen molar-refractivity contribution in [3.8, 4) is 0 Å². The fourth-order valence-electron chi connectivity index (χ4n) is 2.44. The van der Waals surface area contributed by atoms with E-state index in [2.05, 4.69) is 29.7 Å². The number of anilines is 2. The van der Waals surface area contributed by atoms with Gasteiger partial charge in [0.15, 0.2) is 0 Å². The van der Waals surface area contributed by atoms with Gasteiger partial charge in [0.05, 0.1) is 6.54 Å². The number of carbonyl (C=O) groups is 1. The molecule has 0 saturated carbocycles. The van der Waals surface area contributed by atoms with Crippen molar-refractivity contribution >= 4 is 17.3 Å². The van der Waals surface area contributed by atoms with Gasteiger partial charge >= 0.3 is 0 Å². The largest absolute Gasteiger partial charge is 0.376 e. The monoisotopic (exact) mass is 282 g/mol. The highest BCUT2D eigenvalue weighted by Crippen LogP contribution is 2.16. The van der Waals surface area contributed by atoms with Crippen LogP contribution in [0.4, 0.5) is 11.4 Å². The lowest BCUT2D eigenvalue weighted by Crippen LogP contribution is -2.22. The van der Waals surface area contributed by atoms with Crippen LogP contribution in [0.15, 0.2) is 36.4 Å². The van der Waals surface area contributed by atoms with E-state index in [1.807, 2.05) is 45.0 Å². The third-order valence-corrected chi connectivity index (χ3v) is 3.33. The number of benzene rings is 2. The highest BCUT2D eigenvalue weighted by atomic mass is 16.1. The van der Waals surface area contributed by atoms with Crippen LogP contribution in [0.3, 0.4) is 0 Å². The SMILES string of the molecule is Cc1cc(C)cc(NC(=O)CNc2ccc(C)cc2C)c1. The van der Waals surface area contributed by atoms with E-state index in [9.17, 15) is 4.79 Å². The van der Waals surface area contributed by atoms with Crippen molar-refractivity contribution < 1.29 is 4.79 Å². The molecule has 0 aliphatic heterocycles. The van der Waals surface area contributed by atoms with E-state index in [1.165, 1.54) is 5.56 Å². The Morgan fingerprint density at radius 2 is 1.57 bits per heavy atom. The van der Waals surface area contributed by atoms with E-state index in [-0.39, 0.29) is 12.5 Å². The van der Waals surface area contributed by atoms with Crippen molar-refractivity contribution in [2.45, 2.75) is 27.7 Å². The molecule has 110 valence electrons. The molecular weight excluding hydrogens is 260 g/mol. The van der Waals surface area contributed by atoms with Crippen molar-refractivity contribution in [3.05, 3.63) is 58.7 Å². The molecular formula is C18H22N2O. The van der Waals surface area contributed by atoms with Gasteiger partial charge in [0.25, 0.3) is 0 Å². The van der Waals surface area contributed by atoms with Gasteiger partial charge in [0, 0.05) is 11.4 Å². The summed E-state index contributed by atoms with van der Waals surface area (Å²) in [5.41, 5.74) is 6.50. The molecule has 0 saturated heterocycles. The fraction of sp³-hybridized carbons (Fsp3) is 0.278. The van der Waals surface area contributed by atoms with Gasteiger partial charge in [-0.1, -0.05) is 23.8 Å². The lowest BCUT2D eigenvalue weighted by Gasteiger charge is -2.11. The molecule has 0 atom stereocenters. The number of hydrogen-bond acceptors (Lipinski definition) is 2. The molecule has 3 heteroatoms. The van der Waals surface area contributed by atoms with Gasteiger partial charge in [-0.3, -0.25) is 4.79 Å². The van der Waals surface area contributed by atoms with Gasteiger partial charge in [-0.2, -0.15) is 0 Å². The van der Waals surface area contributed by atoms with E-state index in [1.54, 1.807) is 0 Å². The molecule has 2 aromatic rings. The Balaban J connectivity index is 1.95. The Labute approximate surface area is 126 Å². The summed E-state index contributed by atoms with van der Waals surface area (Å²) in [6, 6.07) is 12.2. The summed E-state index contributed by atoms with van der Waals surface area (Å²) >= 11 is 0. The van der Waals surface area contributed by atoms with Crippen LogP contribution in [0.25, 0.3) is 0 Å². The second kappa shape index (κ2) is 6.44. The van der Waals surface area contributed by atoms with Crippen molar-refractivity contribution in [3.63, 3.8) is 0 Å². The highest BCUT2D eigenvalue weighted by molar-refractivity contribution is 5.94. The normalized spacial score (nSPS) is 10.3. The number of nitrogens with one attached hydrogen (secondary N) is 2. The van der Waals surface area contributed by atoms with E-state index in [0.717, 1.165) is 28.1 Å². The van der Waals surface area contributed by atoms with Crippen LogP contribution < -0.4 is 10.6 Å². The summed E-state index contributed by atoms with van der Waals surface area (Å²) < 4.78 is 0. The van der Waals surface area contributed by atoms with Crippen LogP contribution in [-0.2, 0) is 4.79 Å². The van der Waals surface area contributed by atoms with Crippen molar-refractivity contribution in [2.75, 3.05) is 17.2 Å². The van der Waals surface area contributed by atoms with Gasteiger partial charge in [0.1, 0.15) is 0 Å². The molecule has 0 spiro atoms. The first-order chi connectivity index (χ1) is 9.94. The lowest BCUT2D eigenvalue weighted by molar-refractivity contribution is -0.114. The lowest BCUT2D eigenvalue weighted by atomic mass is 10.1. The van der Waals surface area contributed by atoms with E-state index >= 15 is 0 Å². The maximum Gasteiger partial charge on any atom is 0.243 e. The number of aryl methyl sites for hydroxylation is 4. The zero-order chi connectivity index (χ0) is 15.4. The highest BCUT2D eigenvalue weighted by Gasteiger charge is 2.04. The van der Waals surface area contributed by atoms with Crippen molar-refractivity contribution in [1.29, 1.82) is 0 Å². The zero-order valence-corrected chi connectivity index (χ0v) is 13.1. The van der Waals surface area contributed by atoms with Gasteiger partial charge in [-0.15, -0.1) is 0 Å². The third kappa shape index (κ3) is 4.35. The number of rotatable bonds is 4. The molecule has 3 nitrogen and oxygen atoms in total. The molecule has 0 fully saturated rings. The second-order valence-corrected chi connectivity index (χ2v) is 5.60. The maximum absolute atomic E-state index is 12.0. The quantitative estimate of drug-likeness (QED) is 0.891. The minimum absolute atomic E-state index is 0.0417. The summed E-state index contributed by atoms with van der Waals surface area (Å²) in [5.74, 6) is -0.0417. The Bertz CT molecular complexity index is 642. The van der Waals surface area contributed by atoms with Gasteiger partial charge in [-0.25, -0.2) is 0 Å². The van der Waals surface area contributed by atoms with E-state index in [4.69, 9.17) is 0 Å². The van der Waals surface area contributed by atoms with Crippen LogP contribution in [0, 0.1) is 27.7 Å². The Morgan fingerprint density at radius 3 is 2.19 bits per heavy atom. The first-order valence-corrected chi connectivity index (χ1v) is 7.13. The zero-order valence-electron chi connectivity index (χ0n) is 13.1. The smallest absolute Gasteiger partial charge is 0.243 e. The average molecular weight is 282 g/mol. The first kappa shape index (κ1) is 15.1. The summed E-state index contributed by atoms with van der Waals surface area (Å²) in [5, 5.41) is 6.10. The summed E-state index contributed by atoms with van der Waals surface area (Å²) in [6.07, 6.45) is 0. The van der Waals surface area contributed by atoms with Crippen LogP contribution in [-0.4, -0.2) is 12.5 Å². The van der Waals surface area contributed by atoms with Crippen molar-refractivity contribution in [2.24, 2.45) is 0 Å². The summed E-state index contributed by atoms with van der Waals surface area (Å²) in [4.78, 5) is 12.0. The molecule has 0 unspecified atom stereocenters. The molecule has 0 heterocycles. The molecule has 1 amide bonds. The topological polar surface area (TPSA) is 41.1 Å². The predicted molar refractivity (Wildman–Crippen MR) is 89.0 cm³/mol. The molecule has 0 aliphatic carbocycles. The molecule has 21 heavy (non-hydrogen) atoms. The van der Waals surface area contributed by atoms with Crippen LogP contribution in [0.2, 0.25) is 0 Å². The number of amides is 1. The van der Waals surface area contributed by atoms with Crippen molar-refractivity contribution in [1.82, 2.24) is 0 Å². The number of hydrogen-bond donors (Lipinski definition) is 2. The van der Waals surface area contributed by atoms with Crippen LogP contribution in [0.1, 0.15) is 22.3 Å².